The minimum absolute atomic E-state index is 0. The van der Waals surface area contributed by atoms with E-state index in [1.807, 2.05) is 7.05 Å². The second-order valence-corrected chi connectivity index (χ2v) is 7.01. The van der Waals surface area contributed by atoms with Gasteiger partial charge in [0.15, 0.2) is 5.96 Å². The Morgan fingerprint density at radius 2 is 1.75 bits per heavy atom. The Balaban J connectivity index is 0.00000200. The lowest BCUT2D eigenvalue weighted by Gasteiger charge is -2.35. The Hall–Kier alpha value is -0.0400. The molecule has 2 rings (SSSR count). The van der Waals surface area contributed by atoms with E-state index in [9.17, 15) is 0 Å². The fraction of sp³-hybridized carbons (Fsp3) is 0.933. The van der Waals surface area contributed by atoms with Gasteiger partial charge in [0.25, 0.3) is 0 Å². The first-order chi connectivity index (χ1) is 8.92. The van der Waals surface area contributed by atoms with Crippen LogP contribution in [0.1, 0.15) is 47.0 Å². The molecule has 5 heteroatoms. The Morgan fingerprint density at radius 3 is 2.15 bits per heavy atom. The van der Waals surface area contributed by atoms with Crippen molar-refractivity contribution >= 4 is 29.9 Å². The van der Waals surface area contributed by atoms with E-state index < -0.39 is 0 Å². The normalized spacial score (nSPS) is 27.1. The fourth-order valence-corrected chi connectivity index (χ4v) is 2.80. The summed E-state index contributed by atoms with van der Waals surface area (Å²) in [5.74, 6) is 0.985. The zero-order valence-corrected chi connectivity index (χ0v) is 15.9. The molecule has 1 saturated carbocycles. The van der Waals surface area contributed by atoms with Gasteiger partial charge >= 0.3 is 0 Å². The summed E-state index contributed by atoms with van der Waals surface area (Å²) in [6.07, 6.45) is 3.68. The third-order valence-electron chi connectivity index (χ3n) is 4.65. The number of likely N-dealkylation sites (tertiary alicyclic amines) is 1. The summed E-state index contributed by atoms with van der Waals surface area (Å²) in [5.41, 5.74) is 0.443. The highest BCUT2D eigenvalue weighted by Crippen LogP contribution is 2.44. The lowest BCUT2D eigenvalue weighted by atomic mass is 10.0. The fourth-order valence-electron chi connectivity index (χ4n) is 2.80. The van der Waals surface area contributed by atoms with Crippen molar-refractivity contribution in [2.24, 2.45) is 10.4 Å². The van der Waals surface area contributed by atoms with Gasteiger partial charge in [-0.2, -0.15) is 0 Å². The number of hydrogen-bond acceptors (Lipinski definition) is 2. The van der Waals surface area contributed by atoms with Gasteiger partial charge in [-0.3, -0.25) is 4.99 Å². The maximum atomic E-state index is 4.36. The number of rotatable bonds is 3. The molecule has 118 valence electrons. The molecule has 1 heterocycles. The Labute approximate surface area is 141 Å². The van der Waals surface area contributed by atoms with Crippen LogP contribution in [-0.4, -0.2) is 49.1 Å². The second kappa shape index (κ2) is 7.29. The highest BCUT2D eigenvalue weighted by Gasteiger charge is 2.46. The number of nitrogens with one attached hydrogen (secondary N) is 2. The summed E-state index contributed by atoms with van der Waals surface area (Å²) < 4.78 is 0. The minimum atomic E-state index is 0. The molecule has 0 amide bonds. The van der Waals surface area contributed by atoms with Crippen molar-refractivity contribution in [2.45, 2.75) is 65.1 Å². The number of aliphatic imine (C=N–C) groups is 1. The number of hydrogen-bond donors (Lipinski definition) is 2. The van der Waals surface area contributed by atoms with Gasteiger partial charge in [-0.05, 0) is 38.5 Å². The van der Waals surface area contributed by atoms with E-state index in [1.165, 1.54) is 32.4 Å². The molecule has 2 N–H and O–H groups in total. The van der Waals surface area contributed by atoms with Crippen molar-refractivity contribution in [3.05, 3.63) is 0 Å². The van der Waals surface area contributed by atoms with Crippen LogP contribution in [0.4, 0.5) is 0 Å². The van der Waals surface area contributed by atoms with Crippen LogP contribution in [0.3, 0.4) is 0 Å². The molecule has 0 aromatic heterocycles. The lowest BCUT2D eigenvalue weighted by Crippen LogP contribution is -2.50. The van der Waals surface area contributed by atoms with E-state index in [0.29, 0.717) is 23.5 Å². The van der Waals surface area contributed by atoms with Crippen LogP contribution in [0.5, 0.6) is 0 Å². The highest BCUT2D eigenvalue weighted by atomic mass is 127. The molecule has 0 radical (unpaired) electrons. The first-order valence-corrected chi connectivity index (χ1v) is 7.66. The quantitative estimate of drug-likeness (QED) is 0.439. The van der Waals surface area contributed by atoms with Crippen molar-refractivity contribution in [1.29, 1.82) is 0 Å². The molecule has 4 nitrogen and oxygen atoms in total. The third-order valence-corrected chi connectivity index (χ3v) is 4.65. The van der Waals surface area contributed by atoms with Gasteiger partial charge in [0, 0.05) is 38.3 Å². The molecular formula is C15H31IN4. The van der Waals surface area contributed by atoms with E-state index in [-0.39, 0.29) is 24.0 Å². The first-order valence-electron chi connectivity index (χ1n) is 7.66. The molecule has 0 bridgehead atoms. The van der Waals surface area contributed by atoms with E-state index in [2.05, 4.69) is 48.2 Å². The van der Waals surface area contributed by atoms with Gasteiger partial charge in [0.05, 0.1) is 0 Å². The van der Waals surface area contributed by atoms with E-state index in [1.54, 1.807) is 0 Å². The number of halogens is 1. The summed E-state index contributed by atoms with van der Waals surface area (Å²) in [5, 5.41) is 7.12. The Bertz CT molecular complexity index is 333. The molecular weight excluding hydrogens is 363 g/mol. The monoisotopic (exact) mass is 394 g/mol. The molecule has 0 spiro atoms. The SMILES string of the molecule is CN=C(NC1CCN(C(C)C)CC1)NC1CC1(C)C.I. The average Bonchev–Trinajstić information content (AvgIpc) is 2.96. The van der Waals surface area contributed by atoms with Crippen molar-refractivity contribution in [3.8, 4) is 0 Å². The molecule has 20 heavy (non-hydrogen) atoms. The Morgan fingerprint density at radius 1 is 1.20 bits per heavy atom. The average molecular weight is 394 g/mol. The maximum absolute atomic E-state index is 4.36. The zero-order chi connectivity index (χ0) is 14.0. The third kappa shape index (κ3) is 4.76. The maximum Gasteiger partial charge on any atom is 0.191 e. The van der Waals surface area contributed by atoms with Crippen LogP contribution in [0, 0.1) is 5.41 Å². The van der Waals surface area contributed by atoms with Gasteiger partial charge < -0.3 is 15.5 Å². The molecule has 1 aliphatic heterocycles. The Kier molecular flexibility index (Phi) is 6.57. The van der Waals surface area contributed by atoms with Gasteiger partial charge in [-0.25, -0.2) is 0 Å². The molecule has 1 unspecified atom stereocenters. The van der Waals surface area contributed by atoms with Crippen LogP contribution in [-0.2, 0) is 0 Å². The predicted octanol–water partition coefficient (Wildman–Crippen LogP) is 2.44. The van der Waals surface area contributed by atoms with E-state index in [0.717, 1.165) is 5.96 Å². The number of nitrogens with zero attached hydrogens (tertiary/aromatic N) is 2. The topological polar surface area (TPSA) is 39.7 Å². The van der Waals surface area contributed by atoms with Crippen molar-refractivity contribution < 1.29 is 0 Å². The largest absolute Gasteiger partial charge is 0.354 e. The summed E-state index contributed by atoms with van der Waals surface area (Å²) in [6.45, 7) is 11.6. The van der Waals surface area contributed by atoms with Gasteiger partial charge in [0.1, 0.15) is 0 Å². The van der Waals surface area contributed by atoms with Crippen LogP contribution >= 0.6 is 24.0 Å². The summed E-state index contributed by atoms with van der Waals surface area (Å²) in [4.78, 5) is 6.92. The standard InChI is InChI=1S/C15H30N4.HI/c1-11(2)19-8-6-12(7-9-19)17-14(16-5)18-13-10-15(13,3)4;/h11-13H,6-10H2,1-5H3,(H2,16,17,18);1H. The van der Waals surface area contributed by atoms with Crippen molar-refractivity contribution in [3.63, 3.8) is 0 Å². The van der Waals surface area contributed by atoms with Crippen LogP contribution in [0.25, 0.3) is 0 Å². The molecule has 2 fully saturated rings. The zero-order valence-electron chi connectivity index (χ0n) is 13.6. The number of piperidine rings is 1. The molecule has 2 aliphatic rings. The van der Waals surface area contributed by atoms with Gasteiger partial charge in [-0.1, -0.05) is 13.8 Å². The van der Waals surface area contributed by atoms with Crippen molar-refractivity contribution in [1.82, 2.24) is 15.5 Å². The number of guanidine groups is 1. The predicted molar refractivity (Wildman–Crippen MR) is 97.0 cm³/mol. The lowest BCUT2D eigenvalue weighted by molar-refractivity contribution is 0.167. The minimum Gasteiger partial charge on any atom is -0.354 e. The van der Waals surface area contributed by atoms with Crippen molar-refractivity contribution in [2.75, 3.05) is 20.1 Å². The van der Waals surface area contributed by atoms with Gasteiger partial charge in [0.2, 0.25) is 0 Å². The summed E-state index contributed by atoms with van der Waals surface area (Å²) >= 11 is 0. The smallest absolute Gasteiger partial charge is 0.191 e. The van der Waals surface area contributed by atoms with E-state index in [4.69, 9.17) is 0 Å². The highest BCUT2D eigenvalue weighted by molar-refractivity contribution is 14.0. The van der Waals surface area contributed by atoms with Crippen LogP contribution in [0.2, 0.25) is 0 Å². The second-order valence-electron chi connectivity index (χ2n) is 7.01. The molecule has 1 saturated heterocycles. The molecule has 1 atom stereocenters. The summed E-state index contributed by atoms with van der Waals surface area (Å²) in [7, 11) is 1.87. The molecule has 0 aromatic rings. The molecule has 1 aliphatic carbocycles. The summed E-state index contributed by atoms with van der Waals surface area (Å²) in [6, 6.07) is 1.84. The first kappa shape index (κ1) is 18.0. The van der Waals surface area contributed by atoms with Gasteiger partial charge in [-0.15, -0.1) is 24.0 Å². The van der Waals surface area contributed by atoms with E-state index >= 15 is 0 Å². The van der Waals surface area contributed by atoms with Crippen LogP contribution < -0.4 is 10.6 Å². The van der Waals surface area contributed by atoms with Crippen LogP contribution in [0.15, 0.2) is 4.99 Å². The molecule has 0 aromatic carbocycles.